The number of sulfonamides is 2. The molecular weight excluding hydrogens is 550 g/mol. The summed E-state index contributed by atoms with van der Waals surface area (Å²) in [6.45, 7) is 5.32. The maximum absolute atomic E-state index is 13.5. The maximum Gasteiger partial charge on any atom is 0.320 e. The minimum Gasteiger partial charge on any atom is -0.490 e. The molecule has 0 fully saturated rings. The van der Waals surface area contributed by atoms with Crippen molar-refractivity contribution in [3.8, 4) is 11.5 Å². The summed E-state index contributed by atoms with van der Waals surface area (Å²) in [5.74, 6) is -2.63. The first-order valence-corrected chi connectivity index (χ1v) is 15.4. The monoisotopic (exact) mass is 585 g/mol. The molecule has 13 nitrogen and oxygen atoms in total. The normalized spacial score (nSPS) is 12.4. The molecule has 1 unspecified atom stereocenters. The second-order valence-electron chi connectivity index (χ2n) is 8.26. The van der Waals surface area contributed by atoms with Crippen LogP contribution >= 0.6 is 0 Å². The first-order chi connectivity index (χ1) is 18.3. The highest BCUT2D eigenvalue weighted by Gasteiger charge is 2.34. The van der Waals surface area contributed by atoms with Crippen molar-refractivity contribution in [2.45, 2.75) is 33.4 Å². The van der Waals surface area contributed by atoms with Crippen LogP contribution in [0.2, 0.25) is 0 Å². The van der Waals surface area contributed by atoms with E-state index >= 15 is 0 Å². The van der Waals surface area contributed by atoms with Crippen molar-refractivity contribution in [2.75, 3.05) is 40.9 Å². The third-order valence-electron chi connectivity index (χ3n) is 5.17. The fourth-order valence-electron chi connectivity index (χ4n) is 3.61. The number of hydrogen-bond donors (Lipinski definition) is 5. The molecule has 0 aliphatic carbocycles. The van der Waals surface area contributed by atoms with Crippen molar-refractivity contribution < 1.29 is 36.2 Å². The Balaban J connectivity index is 2.68. The molecule has 15 heteroatoms. The van der Waals surface area contributed by atoms with Gasteiger partial charge in [0.05, 0.1) is 31.2 Å². The van der Waals surface area contributed by atoms with Crippen LogP contribution in [0.4, 0.5) is 11.4 Å². The fourth-order valence-corrected chi connectivity index (χ4v) is 6.11. The summed E-state index contributed by atoms with van der Waals surface area (Å²) >= 11 is 0. The minimum absolute atomic E-state index is 0.0238. The molecule has 0 saturated heterocycles. The molecule has 0 saturated carbocycles. The number of amidine groups is 1. The molecule has 0 radical (unpaired) electrons. The van der Waals surface area contributed by atoms with Gasteiger partial charge in [0, 0.05) is 17.3 Å². The molecule has 0 spiro atoms. The number of nitrogens with two attached hydrogens (primary N) is 1. The van der Waals surface area contributed by atoms with Gasteiger partial charge in [-0.2, -0.15) is 0 Å². The zero-order valence-corrected chi connectivity index (χ0v) is 23.6. The van der Waals surface area contributed by atoms with E-state index in [0.717, 1.165) is 4.31 Å². The van der Waals surface area contributed by atoms with Gasteiger partial charge in [-0.15, -0.1) is 0 Å². The molecule has 1 atom stereocenters. The van der Waals surface area contributed by atoms with Crippen LogP contribution in [0.15, 0.2) is 42.5 Å². The van der Waals surface area contributed by atoms with Crippen LogP contribution in [0.1, 0.15) is 32.8 Å². The van der Waals surface area contributed by atoms with Crippen LogP contribution in [0.5, 0.6) is 11.5 Å². The highest BCUT2D eigenvalue weighted by Crippen LogP contribution is 2.34. The molecule has 2 rings (SSSR count). The summed E-state index contributed by atoms with van der Waals surface area (Å²) in [4.78, 5) is 11.5. The second-order valence-corrected chi connectivity index (χ2v) is 12.0. The zero-order valence-electron chi connectivity index (χ0n) is 22.0. The number of ether oxygens (including phenoxy) is 2. The molecular formula is C24H35N5O8S2. The molecule has 2 aromatic rings. The van der Waals surface area contributed by atoms with E-state index in [-0.39, 0.29) is 29.6 Å². The van der Waals surface area contributed by atoms with E-state index in [1.54, 1.807) is 20.8 Å². The van der Waals surface area contributed by atoms with Gasteiger partial charge < -0.3 is 25.6 Å². The minimum atomic E-state index is -4.57. The number of aliphatic carboxylic acids is 1. The molecule has 2 aromatic carbocycles. The second kappa shape index (κ2) is 14.0. The largest absolute Gasteiger partial charge is 0.490 e. The van der Waals surface area contributed by atoms with Crippen molar-refractivity contribution in [2.24, 2.45) is 5.73 Å². The molecule has 216 valence electrons. The lowest BCUT2D eigenvalue weighted by Gasteiger charge is -2.34. The predicted octanol–water partition coefficient (Wildman–Crippen LogP) is 1.76. The zero-order chi connectivity index (χ0) is 29.2. The van der Waals surface area contributed by atoms with Crippen LogP contribution in [0, 0.1) is 5.41 Å². The first-order valence-electron chi connectivity index (χ1n) is 12.1. The van der Waals surface area contributed by atoms with Crippen molar-refractivity contribution in [1.82, 2.24) is 4.72 Å². The lowest BCUT2D eigenvalue weighted by atomic mass is 10.2. The number of nitrogens with zero attached hydrogens (tertiary/aromatic N) is 1. The highest BCUT2D eigenvalue weighted by molar-refractivity contribution is 7.93. The Labute approximate surface area is 228 Å². The standard InChI is InChI=1S/C24H35N5O8S2/c1-4-13-38(32,33)27-15-22(28-18-9-7-17(8-10-18)24(25)26)29(39(34,35)16-23(30)31)19-11-12-20(36-5-2)21(14-19)37-6-3/h7-12,14,22,27-28H,4-6,13,15-16H2,1-3H3,(H3,25,26)(H,30,31). The SMILES string of the molecule is CCCS(=O)(=O)NCC(Nc1ccc(C(=N)N)cc1)N(c1ccc(OCC)c(OCC)c1)S(=O)(=O)CC(=O)O. The fraction of sp³-hybridized carbons (Fsp3) is 0.417. The highest BCUT2D eigenvalue weighted by atomic mass is 32.2. The van der Waals surface area contributed by atoms with Crippen molar-refractivity contribution in [3.05, 3.63) is 48.0 Å². The van der Waals surface area contributed by atoms with Crippen molar-refractivity contribution in [3.63, 3.8) is 0 Å². The molecule has 0 bridgehead atoms. The molecule has 0 amide bonds. The van der Waals surface area contributed by atoms with Gasteiger partial charge in [0.15, 0.2) is 17.3 Å². The summed E-state index contributed by atoms with van der Waals surface area (Å²) in [5.41, 5.74) is 6.32. The topological polar surface area (TPSA) is 201 Å². The van der Waals surface area contributed by atoms with Crippen LogP contribution in [0.25, 0.3) is 0 Å². The van der Waals surface area contributed by atoms with Gasteiger partial charge in [0.25, 0.3) is 0 Å². The molecule has 0 heterocycles. The summed E-state index contributed by atoms with van der Waals surface area (Å²) < 4.78 is 66.3. The van der Waals surface area contributed by atoms with Crippen LogP contribution in [-0.2, 0) is 24.8 Å². The number of carboxylic acids is 1. The summed E-state index contributed by atoms with van der Waals surface area (Å²) in [5, 5.41) is 19.9. The Morgan fingerprint density at radius 1 is 1.03 bits per heavy atom. The molecule has 39 heavy (non-hydrogen) atoms. The van der Waals surface area contributed by atoms with E-state index in [2.05, 4.69) is 10.0 Å². The summed E-state index contributed by atoms with van der Waals surface area (Å²) in [7, 11) is -8.34. The van der Waals surface area contributed by atoms with E-state index in [0.29, 0.717) is 30.0 Å². The van der Waals surface area contributed by atoms with E-state index in [1.165, 1.54) is 42.5 Å². The lowest BCUT2D eigenvalue weighted by molar-refractivity contribution is -0.134. The average Bonchev–Trinajstić information content (AvgIpc) is 2.84. The predicted molar refractivity (Wildman–Crippen MR) is 150 cm³/mol. The molecule has 6 N–H and O–H groups in total. The van der Waals surface area contributed by atoms with Crippen molar-refractivity contribution in [1.29, 1.82) is 5.41 Å². The van der Waals surface area contributed by atoms with Gasteiger partial charge in [0.1, 0.15) is 12.0 Å². The number of hydrogen-bond acceptors (Lipinski definition) is 9. The van der Waals surface area contributed by atoms with E-state index < -0.39 is 44.5 Å². The molecule has 0 aliphatic heterocycles. The Morgan fingerprint density at radius 3 is 2.18 bits per heavy atom. The number of anilines is 2. The van der Waals surface area contributed by atoms with Gasteiger partial charge in [-0.05, 0) is 56.7 Å². The number of rotatable bonds is 17. The number of benzene rings is 2. The summed E-state index contributed by atoms with van der Waals surface area (Å²) in [6.07, 6.45) is -0.978. The van der Waals surface area contributed by atoms with Crippen LogP contribution in [-0.4, -0.2) is 71.2 Å². The maximum atomic E-state index is 13.5. The number of carboxylic acid groups (broad SMARTS) is 1. The van der Waals surface area contributed by atoms with Gasteiger partial charge >= 0.3 is 5.97 Å². The Kier molecular flexibility index (Phi) is 11.4. The number of carbonyl (C=O) groups is 1. The third-order valence-corrected chi connectivity index (χ3v) is 8.40. The van der Waals surface area contributed by atoms with Crippen LogP contribution < -0.4 is 29.6 Å². The number of nitrogen functional groups attached to an aromatic ring is 1. The van der Waals surface area contributed by atoms with Crippen molar-refractivity contribution >= 4 is 43.2 Å². The van der Waals surface area contributed by atoms with Gasteiger partial charge in [0.2, 0.25) is 20.0 Å². The average molecular weight is 586 g/mol. The first kappa shape index (κ1) is 31.7. The van der Waals surface area contributed by atoms with E-state index in [4.69, 9.17) is 20.6 Å². The Morgan fingerprint density at radius 2 is 1.64 bits per heavy atom. The molecule has 0 aliphatic rings. The quantitative estimate of drug-likeness (QED) is 0.103. The van der Waals surface area contributed by atoms with E-state index in [9.17, 15) is 26.7 Å². The van der Waals surface area contributed by atoms with E-state index in [1.807, 2.05) is 0 Å². The number of nitrogens with one attached hydrogen (secondary N) is 3. The van der Waals surface area contributed by atoms with Gasteiger partial charge in [-0.1, -0.05) is 6.92 Å². The smallest absolute Gasteiger partial charge is 0.320 e. The van der Waals surface area contributed by atoms with Gasteiger partial charge in [-0.3, -0.25) is 10.2 Å². The van der Waals surface area contributed by atoms with Gasteiger partial charge in [-0.25, -0.2) is 25.9 Å². The van der Waals surface area contributed by atoms with Crippen LogP contribution in [0.3, 0.4) is 0 Å². The summed E-state index contributed by atoms with van der Waals surface area (Å²) in [6, 6.07) is 10.4. The Hall–Kier alpha value is -3.56. The third kappa shape index (κ3) is 9.30. The Bertz CT molecular complexity index is 1350. The lowest BCUT2D eigenvalue weighted by Crippen LogP contribution is -2.52. The molecule has 0 aromatic heterocycles.